The Morgan fingerprint density at radius 1 is 1.23 bits per heavy atom. The number of rotatable bonds is 5. The molecular formula is C21H17N3O5S. The van der Waals surface area contributed by atoms with E-state index in [1.165, 1.54) is 40.5 Å². The minimum Gasteiger partial charge on any atom is -0.482 e. The van der Waals surface area contributed by atoms with E-state index in [1.54, 1.807) is 12.1 Å². The standard InChI is InChI=1S/C21H17N3O5S/c1-12-22-16(11-30-12)14-4-7-18-17(8-14)24(20(26)10-29-18)9-19(25)23-15-5-2-13(3-6-15)21(27)28/h2-8,11H,9-10H2,1H3,(H,23,25)(H,27,28). The lowest BCUT2D eigenvalue weighted by molar-refractivity contribution is -0.123. The predicted octanol–water partition coefficient (Wildman–Crippen LogP) is 3.18. The molecule has 4 rings (SSSR count). The first kappa shape index (κ1) is 19.6. The zero-order valence-corrected chi connectivity index (χ0v) is 16.7. The molecule has 1 aliphatic rings. The Balaban J connectivity index is 1.54. The van der Waals surface area contributed by atoms with E-state index in [-0.39, 0.29) is 24.6 Å². The number of hydrogen-bond acceptors (Lipinski definition) is 6. The molecule has 9 heteroatoms. The topological polar surface area (TPSA) is 109 Å². The minimum atomic E-state index is -1.05. The highest BCUT2D eigenvalue weighted by Crippen LogP contribution is 2.36. The molecular weight excluding hydrogens is 406 g/mol. The van der Waals surface area contributed by atoms with E-state index in [2.05, 4.69) is 10.3 Å². The van der Waals surface area contributed by atoms with Gasteiger partial charge in [-0.25, -0.2) is 9.78 Å². The van der Waals surface area contributed by atoms with Crippen LogP contribution < -0.4 is 15.0 Å². The van der Waals surface area contributed by atoms with Crippen molar-refractivity contribution in [1.29, 1.82) is 0 Å². The Hall–Kier alpha value is -3.72. The number of nitrogens with zero attached hydrogens (tertiary/aromatic N) is 2. The number of fused-ring (bicyclic) bond motifs is 1. The van der Waals surface area contributed by atoms with Crippen molar-refractivity contribution in [1.82, 2.24) is 4.98 Å². The second-order valence-corrected chi connectivity index (χ2v) is 7.70. The lowest BCUT2D eigenvalue weighted by Gasteiger charge is -2.29. The average molecular weight is 423 g/mol. The molecule has 152 valence electrons. The summed E-state index contributed by atoms with van der Waals surface area (Å²) in [4.78, 5) is 41.8. The zero-order valence-electron chi connectivity index (χ0n) is 15.9. The number of amides is 2. The minimum absolute atomic E-state index is 0.120. The monoisotopic (exact) mass is 423 g/mol. The van der Waals surface area contributed by atoms with Gasteiger partial charge >= 0.3 is 5.97 Å². The molecule has 0 aliphatic carbocycles. The molecule has 3 aromatic rings. The second-order valence-electron chi connectivity index (χ2n) is 6.63. The van der Waals surface area contributed by atoms with Crippen LogP contribution in [0.25, 0.3) is 11.3 Å². The molecule has 0 saturated heterocycles. The van der Waals surface area contributed by atoms with Crippen molar-refractivity contribution < 1.29 is 24.2 Å². The maximum Gasteiger partial charge on any atom is 0.335 e. The third-order valence-electron chi connectivity index (χ3n) is 4.53. The Labute approximate surface area is 175 Å². The lowest BCUT2D eigenvalue weighted by Crippen LogP contribution is -2.43. The van der Waals surface area contributed by atoms with Gasteiger partial charge in [-0.05, 0) is 49.4 Å². The van der Waals surface area contributed by atoms with Gasteiger partial charge in [-0.3, -0.25) is 14.5 Å². The Morgan fingerprint density at radius 2 is 2.00 bits per heavy atom. The van der Waals surface area contributed by atoms with Crippen LogP contribution in [-0.2, 0) is 9.59 Å². The van der Waals surface area contributed by atoms with Gasteiger partial charge in [0, 0.05) is 16.6 Å². The first-order valence-electron chi connectivity index (χ1n) is 9.03. The number of aromatic carboxylic acids is 1. The van der Waals surface area contributed by atoms with Crippen LogP contribution in [0.2, 0.25) is 0 Å². The molecule has 0 fully saturated rings. The smallest absolute Gasteiger partial charge is 0.335 e. The Kier molecular flexibility index (Phi) is 5.20. The van der Waals surface area contributed by atoms with Gasteiger partial charge in [0.05, 0.1) is 22.0 Å². The molecule has 2 aromatic carbocycles. The summed E-state index contributed by atoms with van der Waals surface area (Å²) in [6, 6.07) is 11.2. The molecule has 30 heavy (non-hydrogen) atoms. The second kappa shape index (κ2) is 7.96. The maximum atomic E-state index is 12.5. The summed E-state index contributed by atoms with van der Waals surface area (Å²) in [7, 11) is 0. The van der Waals surface area contributed by atoms with Crippen molar-refractivity contribution in [3.8, 4) is 17.0 Å². The maximum absolute atomic E-state index is 12.5. The Morgan fingerprint density at radius 3 is 2.67 bits per heavy atom. The van der Waals surface area contributed by atoms with E-state index < -0.39 is 11.9 Å². The van der Waals surface area contributed by atoms with Crippen LogP contribution in [0.4, 0.5) is 11.4 Å². The van der Waals surface area contributed by atoms with Crippen LogP contribution >= 0.6 is 11.3 Å². The van der Waals surface area contributed by atoms with Gasteiger partial charge in [-0.2, -0.15) is 0 Å². The fraction of sp³-hybridized carbons (Fsp3) is 0.143. The normalized spacial score (nSPS) is 12.8. The molecule has 2 N–H and O–H groups in total. The van der Waals surface area contributed by atoms with Crippen LogP contribution in [0, 0.1) is 6.92 Å². The summed E-state index contributed by atoms with van der Waals surface area (Å²) in [5.41, 5.74) is 2.69. The van der Waals surface area contributed by atoms with Crippen molar-refractivity contribution in [2.24, 2.45) is 0 Å². The number of anilines is 2. The number of benzene rings is 2. The number of carboxylic acids is 1. The van der Waals surface area contributed by atoms with Gasteiger partial charge in [0.15, 0.2) is 6.61 Å². The lowest BCUT2D eigenvalue weighted by atomic mass is 10.1. The summed E-state index contributed by atoms with van der Waals surface area (Å²) < 4.78 is 5.50. The van der Waals surface area contributed by atoms with Crippen LogP contribution in [-0.4, -0.2) is 41.0 Å². The van der Waals surface area contributed by atoms with Crippen molar-refractivity contribution in [3.63, 3.8) is 0 Å². The van der Waals surface area contributed by atoms with E-state index in [0.717, 1.165) is 16.3 Å². The summed E-state index contributed by atoms with van der Waals surface area (Å²) in [5.74, 6) is -1.27. The molecule has 0 atom stereocenters. The largest absolute Gasteiger partial charge is 0.482 e. The van der Waals surface area contributed by atoms with Crippen molar-refractivity contribution in [3.05, 3.63) is 58.4 Å². The summed E-state index contributed by atoms with van der Waals surface area (Å²) in [6.07, 6.45) is 0. The predicted molar refractivity (Wildman–Crippen MR) is 112 cm³/mol. The van der Waals surface area contributed by atoms with Gasteiger partial charge in [-0.1, -0.05) is 0 Å². The molecule has 2 amide bonds. The molecule has 1 aliphatic heterocycles. The van der Waals surface area contributed by atoms with Crippen molar-refractivity contribution in [2.45, 2.75) is 6.92 Å². The quantitative estimate of drug-likeness (QED) is 0.652. The van der Waals surface area contributed by atoms with Gasteiger partial charge in [0.1, 0.15) is 12.3 Å². The number of aryl methyl sites for hydroxylation is 1. The number of carbonyl (C=O) groups excluding carboxylic acids is 2. The Bertz CT molecular complexity index is 1140. The van der Waals surface area contributed by atoms with Crippen LogP contribution in [0.5, 0.6) is 5.75 Å². The summed E-state index contributed by atoms with van der Waals surface area (Å²) in [6.45, 7) is 1.57. The molecule has 8 nitrogen and oxygen atoms in total. The summed E-state index contributed by atoms with van der Waals surface area (Å²) in [5, 5.41) is 14.5. The van der Waals surface area contributed by atoms with Gasteiger partial charge in [0.25, 0.3) is 5.91 Å². The van der Waals surface area contributed by atoms with Crippen LogP contribution in [0.1, 0.15) is 15.4 Å². The number of ether oxygens (including phenoxy) is 1. The third kappa shape index (κ3) is 4.01. The van der Waals surface area contributed by atoms with E-state index in [0.29, 0.717) is 17.1 Å². The molecule has 0 radical (unpaired) electrons. The van der Waals surface area contributed by atoms with E-state index >= 15 is 0 Å². The first-order chi connectivity index (χ1) is 14.4. The molecule has 1 aromatic heterocycles. The van der Waals surface area contributed by atoms with E-state index in [9.17, 15) is 14.4 Å². The number of thiazole rings is 1. The highest BCUT2D eigenvalue weighted by molar-refractivity contribution is 7.09. The molecule has 0 spiro atoms. The number of carbonyl (C=O) groups is 3. The van der Waals surface area contributed by atoms with E-state index in [4.69, 9.17) is 9.84 Å². The van der Waals surface area contributed by atoms with E-state index in [1.807, 2.05) is 18.4 Å². The highest BCUT2D eigenvalue weighted by Gasteiger charge is 2.28. The fourth-order valence-corrected chi connectivity index (χ4v) is 3.69. The van der Waals surface area contributed by atoms with Crippen molar-refractivity contribution >= 4 is 40.5 Å². The average Bonchev–Trinajstić information content (AvgIpc) is 3.16. The van der Waals surface area contributed by atoms with Crippen molar-refractivity contribution in [2.75, 3.05) is 23.4 Å². The molecule has 2 heterocycles. The highest BCUT2D eigenvalue weighted by atomic mass is 32.1. The zero-order chi connectivity index (χ0) is 21.3. The summed E-state index contributed by atoms with van der Waals surface area (Å²) >= 11 is 1.53. The molecule has 0 bridgehead atoms. The van der Waals surface area contributed by atoms with Gasteiger partial charge < -0.3 is 15.2 Å². The fourth-order valence-electron chi connectivity index (χ4n) is 3.07. The third-order valence-corrected chi connectivity index (χ3v) is 5.31. The van der Waals surface area contributed by atoms with Crippen LogP contribution in [0.3, 0.4) is 0 Å². The molecule has 0 unspecified atom stereocenters. The van der Waals surface area contributed by atoms with Crippen LogP contribution in [0.15, 0.2) is 47.8 Å². The molecule has 0 saturated carbocycles. The first-order valence-corrected chi connectivity index (χ1v) is 9.91. The van der Waals surface area contributed by atoms with Gasteiger partial charge in [-0.15, -0.1) is 11.3 Å². The number of carboxylic acid groups (broad SMARTS) is 1. The SMILES string of the molecule is Cc1nc(-c2ccc3c(c2)N(CC(=O)Nc2ccc(C(=O)O)cc2)C(=O)CO3)cs1. The number of nitrogens with one attached hydrogen (secondary N) is 1. The number of hydrogen-bond donors (Lipinski definition) is 2. The number of aromatic nitrogens is 1. The van der Waals surface area contributed by atoms with Gasteiger partial charge in [0.2, 0.25) is 5.91 Å².